The van der Waals surface area contributed by atoms with Gasteiger partial charge in [0.25, 0.3) is 0 Å². The number of nitrogens with zero attached hydrogens (tertiary/aromatic N) is 6. The number of carbonyl (C=O) groups excluding carboxylic acids is 1. The van der Waals surface area contributed by atoms with Crippen LogP contribution in [0, 0.1) is 0 Å². The first-order valence-electron chi connectivity index (χ1n) is 9.49. The fraction of sp³-hybridized carbons (Fsp3) is 0.368. The maximum Gasteiger partial charge on any atom is 0.317 e. The van der Waals surface area contributed by atoms with Gasteiger partial charge in [0.1, 0.15) is 0 Å². The van der Waals surface area contributed by atoms with Crippen LogP contribution in [0.2, 0.25) is 0 Å². The van der Waals surface area contributed by atoms with Crippen molar-refractivity contribution in [2.45, 2.75) is 19.5 Å². The van der Waals surface area contributed by atoms with Crippen LogP contribution in [-0.4, -0.2) is 63.1 Å². The summed E-state index contributed by atoms with van der Waals surface area (Å²) in [5, 5.41) is 15.9. The van der Waals surface area contributed by atoms with E-state index in [1.165, 1.54) is 0 Å². The molecule has 9 nitrogen and oxygen atoms in total. The second kappa shape index (κ2) is 6.66. The molecule has 5 rings (SSSR count). The Kier molecular flexibility index (Phi) is 4.00. The minimum absolute atomic E-state index is 0.0262. The molecule has 28 heavy (non-hydrogen) atoms. The average Bonchev–Trinajstić information content (AvgIpc) is 3.46. The van der Waals surface area contributed by atoms with Crippen LogP contribution >= 0.6 is 0 Å². The first-order valence-corrected chi connectivity index (χ1v) is 9.49. The maximum absolute atomic E-state index is 11.8. The lowest BCUT2D eigenvalue weighted by Crippen LogP contribution is -2.52. The number of rotatable bonds is 4. The minimum Gasteiger partial charge on any atom is -0.356 e. The van der Waals surface area contributed by atoms with E-state index >= 15 is 0 Å². The SMILES string of the molecule is CCn1c(-c2cc(-c3ccccc3)on2)nnc1N1CCN2C(=O)NCC2C1. The molecule has 2 amide bonds. The van der Waals surface area contributed by atoms with Gasteiger partial charge >= 0.3 is 6.03 Å². The molecule has 144 valence electrons. The van der Waals surface area contributed by atoms with Crippen molar-refractivity contribution in [3.8, 4) is 22.8 Å². The molecular formula is C19H21N7O2. The Balaban J connectivity index is 1.43. The third kappa shape index (κ3) is 2.70. The number of nitrogens with one attached hydrogen (secondary N) is 1. The summed E-state index contributed by atoms with van der Waals surface area (Å²) >= 11 is 0. The Morgan fingerprint density at radius 2 is 2.07 bits per heavy atom. The molecule has 1 N–H and O–H groups in total. The molecular weight excluding hydrogens is 358 g/mol. The number of amides is 2. The maximum atomic E-state index is 11.8. The van der Waals surface area contributed by atoms with Gasteiger partial charge in [-0.25, -0.2) is 4.79 Å². The van der Waals surface area contributed by atoms with E-state index in [1.807, 2.05) is 45.9 Å². The number of urea groups is 1. The van der Waals surface area contributed by atoms with E-state index < -0.39 is 0 Å². The van der Waals surface area contributed by atoms with E-state index in [1.54, 1.807) is 0 Å². The van der Waals surface area contributed by atoms with Crippen LogP contribution in [0.5, 0.6) is 0 Å². The number of benzene rings is 1. The van der Waals surface area contributed by atoms with Crippen LogP contribution in [-0.2, 0) is 6.54 Å². The van der Waals surface area contributed by atoms with Crippen LogP contribution in [0.25, 0.3) is 22.8 Å². The quantitative estimate of drug-likeness (QED) is 0.744. The van der Waals surface area contributed by atoms with Gasteiger partial charge in [0.05, 0.1) is 6.04 Å². The van der Waals surface area contributed by atoms with E-state index in [0.717, 1.165) is 24.6 Å². The number of hydrogen-bond acceptors (Lipinski definition) is 6. The van der Waals surface area contributed by atoms with E-state index in [9.17, 15) is 4.79 Å². The summed E-state index contributed by atoms with van der Waals surface area (Å²) in [7, 11) is 0. The molecule has 0 aliphatic carbocycles. The molecule has 0 spiro atoms. The highest BCUT2D eigenvalue weighted by Crippen LogP contribution is 2.28. The fourth-order valence-electron chi connectivity index (χ4n) is 3.91. The van der Waals surface area contributed by atoms with E-state index in [0.29, 0.717) is 36.9 Å². The Morgan fingerprint density at radius 1 is 1.21 bits per heavy atom. The Hall–Kier alpha value is -3.36. The van der Waals surface area contributed by atoms with Crippen molar-refractivity contribution in [1.29, 1.82) is 0 Å². The summed E-state index contributed by atoms with van der Waals surface area (Å²) in [5.41, 5.74) is 1.63. The first kappa shape index (κ1) is 16.8. The summed E-state index contributed by atoms with van der Waals surface area (Å²) in [5.74, 6) is 2.19. The third-order valence-electron chi connectivity index (χ3n) is 5.36. The van der Waals surface area contributed by atoms with Gasteiger partial charge < -0.3 is 19.6 Å². The van der Waals surface area contributed by atoms with Crippen LogP contribution in [0.4, 0.5) is 10.7 Å². The minimum atomic E-state index is 0.0262. The van der Waals surface area contributed by atoms with Crippen molar-refractivity contribution in [2.75, 3.05) is 31.1 Å². The average molecular weight is 379 g/mol. The van der Waals surface area contributed by atoms with Crippen molar-refractivity contribution in [2.24, 2.45) is 0 Å². The molecule has 1 atom stereocenters. The van der Waals surface area contributed by atoms with Gasteiger partial charge in [-0.15, -0.1) is 10.2 Å². The number of fused-ring (bicyclic) bond motifs is 1. The third-order valence-corrected chi connectivity index (χ3v) is 5.36. The summed E-state index contributed by atoms with van der Waals surface area (Å²) in [4.78, 5) is 15.9. The number of piperazine rings is 1. The Bertz CT molecular complexity index is 997. The topological polar surface area (TPSA) is 92.3 Å². The van der Waals surface area contributed by atoms with Gasteiger partial charge in [-0.2, -0.15) is 0 Å². The molecule has 1 unspecified atom stereocenters. The van der Waals surface area contributed by atoms with Gasteiger partial charge in [0, 0.05) is 44.4 Å². The highest BCUT2D eigenvalue weighted by Gasteiger charge is 2.37. The molecule has 2 fully saturated rings. The second-order valence-corrected chi connectivity index (χ2v) is 6.99. The van der Waals surface area contributed by atoms with Crippen molar-refractivity contribution in [3.05, 3.63) is 36.4 Å². The highest BCUT2D eigenvalue weighted by molar-refractivity contribution is 5.77. The van der Waals surface area contributed by atoms with Gasteiger partial charge in [-0.05, 0) is 6.92 Å². The summed E-state index contributed by atoms with van der Waals surface area (Å²) in [6.45, 7) is 5.61. The lowest BCUT2D eigenvalue weighted by Gasteiger charge is -2.36. The van der Waals surface area contributed by atoms with Crippen LogP contribution in [0.15, 0.2) is 40.9 Å². The zero-order valence-electron chi connectivity index (χ0n) is 15.6. The van der Waals surface area contributed by atoms with Crippen LogP contribution < -0.4 is 10.2 Å². The molecule has 2 aliphatic rings. The van der Waals surface area contributed by atoms with Crippen molar-refractivity contribution < 1.29 is 9.32 Å². The fourth-order valence-corrected chi connectivity index (χ4v) is 3.91. The highest BCUT2D eigenvalue weighted by atomic mass is 16.5. The molecule has 4 heterocycles. The molecule has 0 saturated carbocycles. The summed E-state index contributed by atoms with van der Waals surface area (Å²) in [6.07, 6.45) is 0. The molecule has 3 aromatic rings. The van der Waals surface area contributed by atoms with E-state index in [-0.39, 0.29) is 12.1 Å². The molecule has 9 heteroatoms. The van der Waals surface area contributed by atoms with Crippen molar-refractivity contribution in [3.63, 3.8) is 0 Å². The van der Waals surface area contributed by atoms with Gasteiger partial charge in [-0.1, -0.05) is 35.5 Å². The number of anilines is 1. The van der Waals surface area contributed by atoms with Gasteiger partial charge in [-0.3, -0.25) is 4.57 Å². The van der Waals surface area contributed by atoms with Crippen LogP contribution in [0.3, 0.4) is 0 Å². The zero-order valence-corrected chi connectivity index (χ0v) is 15.6. The van der Waals surface area contributed by atoms with Gasteiger partial charge in [0.2, 0.25) is 5.95 Å². The largest absolute Gasteiger partial charge is 0.356 e. The van der Waals surface area contributed by atoms with Crippen molar-refractivity contribution >= 4 is 12.0 Å². The zero-order chi connectivity index (χ0) is 19.1. The number of hydrogen-bond donors (Lipinski definition) is 1. The molecule has 0 radical (unpaired) electrons. The lowest BCUT2D eigenvalue weighted by molar-refractivity contribution is 0.197. The molecule has 1 aromatic carbocycles. The monoisotopic (exact) mass is 379 g/mol. The predicted octanol–water partition coefficient (Wildman–Crippen LogP) is 1.83. The Morgan fingerprint density at radius 3 is 2.89 bits per heavy atom. The van der Waals surface area contributed by atoms with E-state index in [4.69, 9.17) is 4.52 Å². The number of carbonyl (C=O) groups is 1. The second-order valence-electron chi connectivity index (χ2n) is 6.99. The summed E-state index contributed by atoms with van der Waals surface area (Å²) < 4.78 is 7.58. The van der Waals surface area contributed by atoms with Crippen molar-refractivity contribution in [1.82, 2.24) is 30.1 Å². The molecule has 2 saturated heterocycles. The predicted molar refractivity (Wildman–Crippen MR) is 103 cm³/mol. The van der Waals surface area contributed by atoms with Crippen LogP contribution in [0.1, 0.15) is 6.92 Å². The standard InChI is InChI=1S/C19H21N7O2/c1-2-25-17(15-10-16(28-23-15)13-6-4-3-5-7-13)21-22-18(25)24-8-9-26-14(12-24)11-20-19(26)27/h3-7,10,14H,2,8-9,11-12H2,1H3,(H,20,27). The Labute approximate surface area is 161 Å². The number of aromatic nitrogens is 4. The smallest absolute Gasteiger partial charge is 0.317 e. The summed E-state index contributed by atoms with van der Waals surface area (Å²) in [6, 6.07) is 12.0. The molecule has 2 aliphatic heterocycles. The normalized spacial score (nSPS) is 19.0. The molecule has 0 bridgehead atoms. The van der Waals surface area contributed by atoms with E-state index in [2.05, 4.69) is 32.5 Å². The van der Waals surface area contributed by atoms with Gasteiger partial charge in [0.15, 0.2) is 17.3 Å². The molecule has 2 aromatic heterocycles. The lowest BCUT2D eigenvalue weighted by atomic mass is 10.1. The first-order chi connectivity index (χ1) is 13.7.